The van der Waals surface area contributed by atoms with Crippen molar-refractivity contribution in [2.24, 2.45) is 0 Å². The molecule has 0 aliphatic carbocycles. The predicted molar refractivity (Wildman–Crippen MR) is 102 cm³/mol. The molecular formula is C16H16ClN5O2S2. The molecule has 7 nitrogen and oxygen atoms in total. The number of ether oxygens (including phenoxy) is 1. The highest BCUT2D eigenvalue weighted by molar-refractivity contribution is 7.99. The summed E-state index contributed by atoms with van der Waals surface area (Å²) in [5, 5.41) is 12.3. The van der Waals surface area contributed by atoms with Crippen molar-refractivity contribution in [3.8, 4) is 11.4 Å². The fraction of sp³-hybridized carbons (Fsp3) is 0.250. The lowest BCUT2D eigenvalue weighted by molar-refractivity contribution is -0.127. The molecule has 0 bridgehead atoms. The Morgan fingerprint density at radius 1 is 1.31 bits per heavy atom. The van der Waals surface area contributed by atoms with E-state index in [1.165, 1.54) is 23.1 Å². The van der Waals surface area contributed by atoms with Crippen molar-refractivity contribution >= 4 is 40.6 Å². The first-order valence-corrected chi connectivity index (χ1v) is 9.78. The maximum atomic E-state index is 12.4. The normalized spacial score (nSPS) is 10.7. The van der Waals surface area contributed by atoms with Gasteiger partial charge < -0.3 is 9.64 Å². The number of carbonyl (C=O) groups is 1. The molecule has 3 rings (SSSR count). The molecule has 136 valence electrons. The van der Waals surface area contributed by atoms with Crippen LogP contribution in [0.5, 0.6) is 5.75 Å². The lowest BCUT2D eigenvalue weighted by Crippen LogP contribution is -2.27. The van der Waals surface area contributed by atoms with Gasteiger partial charge in [-0.2, -0.15) is 4.68 Å². The number of methoxy groups -OCH3 is 1. The van der Waals surface area contributed by atoms with E-state index in [4.69, 9.17) is 16.3 Å². The number of thiophene rings is 1. The van der Waals surface area contributed by atoms with Gasteiger partial charge in [-0.25, -0.2) is 0 Å². The first kappa shape index (κ1) is 18.7. The molecule has 26 heavy (non-hydrogen) atoms. The lowest BCUT2D eigenvalue weighted by atomic mass is 10.3. The molecule has 1 amide bonds. The maximum Gasteiger partial charge on any atom is 0.233 e. The van der Waals surface area contributed by atoms with E-state index in [-0.39, 0.29) is 11.7 Å². The molecule has 0 aliphatic heterocycles. The number of thioether (sulfide) groups is 1. The van der Waals surface area contributed by atoms with Gasteiger partial charge in [-0.1, -0.05) is 23.4 Å². The summed E-state index contributed by atoms with van der Waals surface area (Å²) in [7, 11) is 3.38. The quantitative estimate of drug-likeness (QED) is 0.558. The van der Waals surface area contributed by atoms with Crippen LogP contribution in [0.25, 0.3) is 5.69 Å². The molecule has 0 spiro atoms. The monoisotopic (exact) mass is 409 g/mol. The van der Waals surface area contributed by atoms with Crippen LogP contribution in [-0.2, 0) is 11.3 Å². The van der Waals surface area contributed by atoms with Crippen molar-refractivity contribution in [2.75, 3.05) is 19.9 Å². The number of hydrogen-bond acceptors (Lipinski definition) is 7. The van der Waals surface area contributed by atoms with Crippen LogP contribution in [0.15, 0.2) is 41.6 Å². The molecule has 0 aliphatic rings. The van der Waals surface area contributed by atoms with E-state index in [9.17, 15) is 4.79 Å². The Balaban J connectivity index is 1.61. The van der Waals surface area contributed by atoms with Gasteiger partial charge in [0.05, 0.1) is 29.4 Å². The number of carbonyl (C=O) groups excluding carboxylic acids is 1. The molecule has 10 heteroatoms. The van der Waals surface area contributed by atoms with Crippen LogP contribution < -0.4 is 4.74 Å². The number of halogens is 1. The third kappa shape index (κ3) is 4.54. The number of nitrogens with zero attached hydrogens (tertiary/aromatic N) is 5. The molecule has 0 unspecified atom stereocenters. The molecule has 0 saturated carbocycles. The third-order valence-corrected chi connectivity index (χ3v) is 5.65. The minimum Gasteiger partial charge on any atom is -0.497 e. The van der Waals surface area contributed by atoms with Gasteiger partial charge in [0.2, 0.25) is 11.1 Å². The van der Waals surface area contributed by atoms with Crippen molar-refractivity contribution in [3.05, 3.63) is 45.6 Å². The zero-order valence-electron chi connectivity index (χ0n) is 14.1. The zero-order valence-corrected chi connectivity index (χ0v) is 16.5. The number of benzene rings is 1. The summed E-state index contributed by atoms with van der Waals surface area (Å²) >= 11 is 8.69. The third-order valence-electron chi connectivity index (χ3n) is 3.53. The molecule has 0 atom stereocenters. The fourth-order valence-electron chi connectivity index (χ4n) is 2.15. The van der Waals surface area contributed by atoms with E-state index in [0.717, 1.165) is 16.3 Å². The zero-order chi connectivity index (χ0) is 18.5. The van der Waals surface area contributed by atoms with Crippen molar-refractivity contribution in [2.45, 2.75) is 11.7 Å². The first-order chi connectivity index (χ1) is 12.6. The number of amides is 1. The average Bonchev–Trinajstić information content (AvgIpc) is 3.28. The molecule has 3 aromatic rings. The second-order valence-corrected chi connectivity index (χ2v) is 8.06. The molecule has 0 saturated heterocycles. The summed E-state index contributed by atoms with van der Waals surface area (Å²) in [5.41, 5.74) is 0.798. The Morgan fingerprint density at radius 2 is 2.08 bits per heavy atom. The first-order valence-electron chi connectivity index (χ1n) is 7.60. The van der Waals surface area contributed by atoms with Gasteiger partial charge in [0.25, 0.3) is 0 Å². The second-order valence-electron chi connectivity index (χ2n) is 5.32. The molecule has 2 heterocycles. The Kier molecular flexibility index (Phi) is 6.12. The van der Waals surface area contributed by atoms with Crippen molar-refractivity contribution < 1.29 is 9.53 Å². The van der Waals surface area contributed by atoms with Gasteiger partial charge in [-0.3, -0.25) is 4.79 Å². The predicted octanol–water partition coefficient (Wildman–Crippen LogP) is 3.14. The van der Waals surface area contributed by atoms with Crippen molar-refractivity contribution in [1.29, 1.82) is 0 Å². The van der Waals surface area contributed by atoms with Gasteiger partial charge >= 0.3 is 0 Å². The topological polar surface area (TPSA) is 73.1 Å². The maximum absolute atomic E-state index is 12.4. The fourth-order valence-corrected chi connectivity index (χ4v) is 4.12. The molecular weight excluding hydrogens is 394 g/mol. The van der Waals surface area contributed by atoms with Gasteiger partial charge in [0, 0.05) is 11.9 Å². The van der Waals surface area contributed by atoms with E-state index in [0.29, 0.717) is 16.0 Å². The van der Waals surface area contributed by atoms with E-state index < -0.39 is 0 Å². The van der Waals surface area contributed by atoms with Gasteiger partial charge in [0.15, 0.2) is 0 Å². The highest BCUT2D eigenvalue weighted by Gasteiger charge is 2.15. The van der Waals surface area contributed by atoms with Crippen LogP contribution in [0, 0.1) is 0 Å². The minimum absolute atomic E-state index is 0.0104. The molecule has 0 radical (unpaired) electrons. The van der Waals surface area contributed by atoms with Crippen LogP contribution in [0.4, 0.5) is 0 Å². The molecule has 1 aromatic carbocycles. The Bertz CT molecular complexity index is 881. The highest BCUT2D eigenvalue weighted by atomic mass is 35.5. The van der Waals surface area contributed by atoms with E-state index in [2.05, 4.69) is 15.5 Å². The summed E-state index contributed by atoms with van der Waals surface area (Å²) in [6.45, 7) is 0.528. The Morgan fingerprint density at radius 3 is 2.73 bits per heavy atom. The van der Waals surface area contributed by atoms with Crippen LogP contribution >= 0.6 is 34.7 Å². The summed E-state index contributed by atoms with van der Waals surface area (Å²) in [4.78, 5) is 15.1. The summed E-state index contributed by atoms with van der Waals surface area (Å²) in [5.74, 6) is 0.983. The SMILES string of the molecule is COc1ccc(-n2nnnc2SCC(=O)N(C)Cc2ccc(Cl)s2)cc1. The molecule has 2 aromatic heterocycles. The van der Waals surface area contributed by atoms with Crippen LogP contribution in [0.2, 0.25) is 4.34 Å². The Labute approximate surface area is 163 Å². The van der Waals surface area contributed by atoms with Gasteiger partial charge in [0.1, 0.15) is 5.75 Å². The molecule has 0 N–H and O–H groups in total. The smallest absolute Gasteiger partial charge is 0.233 e. The van der Waals surface area contributed by atoms with Gasteiger partial charge in [-0.05, 0) is 46.8 Å². The number of aromatic nitrogens is 4. The number of rotatable bonds is 7. The number of tetrazole rings is 1. The van der Waals surface area contributed by atoms with Crippen LogP contribution in [0.1, 0.15) is 4.88 Å². The average molecular weight is 410 g/mol. The molecule has 0 fully saturated rings. The number of hydrogen-bond donors (Lipinski definition) is 0. The Hall–Kier alpha value is -2.10. The lowest BCUT2D eigenvalue weighted by Gasteiger charge is -2.15. The highest BCUT2D eigenvalue weighted by Crippen LogP contribution is 2.23. The minimum atomic E-state index is -0.0104. The van der Waals surface area contributed by atoms with E-state index in [1.54, 1.807) is 23.7 Å². The van der Waals surface area contributed by atoms with Crippen LogP contribution in [0.3, 0.4) is 0 Å². The summed E-state index contributed by atoms with van der Waals surface area (Å²) in [6, 6.07) is 11.1. The largest absolute Gasteiger partial charge is 0.497 e. The van der Waals surface area contributed by atoms with Crippen molar-refractivity contribution in [1.82, 2.24) is 25.1 Å². The van der Waals surface area contributed by atoms with Crippen LogP contribution in [-0.4, -0.2) is 50.9 Å². The van der Waals surface area contributed by atoms with E-state index >= 15 is 0 Å². The van der Waals surface area contributed by atoms with Gasteiger partial charge in [-0.15, -0.1) is 16.4 Å². The standard InChI is InChI=1S/C16H16ClN5O2S2/c1-21(9-13-7-8-14(17)26-13)15(23)10-25-16-18-19-20-22(16)11-3-5-12(24-2)6-4-11/h3-8H,9-10H2,1-2H3. The summed E-state index contributed by atoms with van der Waals surface area (Å²) in [6.07, 6.45) is 0. The summed E-state index contributed by atoms with van der Waals surface area (Å²) < 4.78 is 7.46. The van der Waals surface area contributed by atoms with E-state index in [1.807, 2.05) is 36.4 Å². The van der Waals surface area contributed by atoms with Crippen molar-refractivity contribution in [3.63, 3.8) is 0 Å². The second kappa shape index (κ2) is 8.52.